The van der Waals surface area contributed by atoms with Gasteiger partial charge in [-0.15, -0.1) is 10.2 Å². The van der Waals surface area contributed by atoms with Crippen LogP contribution in [0.3, 0.4) is 0 Å². The number of fused-ring (bicyclic) bond motifs is 2. The highest BCUT2D eigenvalue weighted by Gasteiger charge is 2.44. The average molecular weight is 462 g/mol. The lowest BCUT2D eigenvalue weighted by Gasteiger charge is -2.22. The van der Waals surface area contributed by atoms with Gasteiger partial charge in [-0.05, 0) is 43.2 Å². The molecule has 4 aromatic rings. The molecule has 2 aromatic carbocycles. The van der Waals surface area contributed by atoms with Gasteiger partial charge >= 0.3 is 0 Å². The van der Waals surface area contributed by atoms with Crippen molar-refractivity contribution in [2.24, 2.45) is 0 Å². The Morgan fingerprint density at radius 2 is 1.94 bits per heavy atom. The molecule has 8 heteroatoms. The van der Waals surface area contributed by atoms with Gasteiger partial charge < -0.3 is 9.15 Å². The molecule has 1 atom stereocenters. The predicted molar refractivity (Wildman–Crippen MR) is 127 cm³/mol. The number of amides is 1. The van der Waals surface area contributed by atoms with E-state index in [9.17, 15) is 9.59 Å². The van der Waals surface area contributed by atoms with Crippen molar-refractivity contribution < 1.29 is 13.9 Å². The summed E-state index contributed by atoms with van der Waals surface area (Å²) < 4.78 is 11.8. The smallest absolute Gasteiger partial charge is 0.297 e. The summed E-state index contributed by atoms with van der Waals surface area (Å²) in [4.78, 5) is 28.5. The highest BCUT2D eigenvalue weighted by molar-refractivity contribution is 7.13. The molecule has 1 amide bonds. The van der Waals surface area contributed by atoms with Crippen LogP contribution >= 0.6 is 11.3 Å². The monoisotopic (exact) mass is 461 g/mol. The molecule has 2 aromatic heterocycles. The number of benzene rings is 2. The van der Waals surface area contributed by atoms with E-state index in [4.69, 9.17) is 9.15 Å². The number of aryl methyl sites for hydroxylation is 1. The molecule has 0 saturated carbocycles. The fourth-order valence-electron chi connectivity index (χ4n) is 4.16. The summed E-state index contributed by atoms with van der Waals surface area (Å²) in [7, 11) is 0. The molecule has 0 fully saturated rings. The van der Waals surface area contributed by atoms with Gasteiger partial charge in [0.1, 0.15) is 16.8 Å². The standard InChI is InChI=1S/C25H23N3O4S/c1-3-4-5-12-31-17-9-7-16(8-10-17)21-20-22(29)18-13-15(2)6-11-19(18)32-23(20)24(30)28(21)25-27-26-14-33-25/h6-11,13-14,21H,3-5,12H2,1-2H3. The molecule has 33 heavy (non-hydrogen) atoms. The van der Waals surface area contributed by atoms with Crippen molar-refractivity contribution in [3.63, 3.8) is 0 Å². The van der Waals surface area contributed by atoms with Gasteiger partial charge in [-0.1, -0.05) is 54.9 Å². The van der Waals surface area contributed by atoms with Gasteiger partial charge in [0.05, 0.1) is 23.6 Å². The van der Waals surface area contributed by atoms with Crippen LogP contribution in [0.5, 0.6) is 5.75 Å². The van der Waals surface area contributed by atoms with Crippen molar-refractivity contribution in [2.45, 2.75) is 39.2 Å². The maximum absolute atomic E-state index is 13.6. The van der Waals surface area contributed by atoms with Crippen molar-refractivity contribution in [1.82, 2.24) is 10.2 Å². The second-order valence-corrected chi connectivity index (χ2v) is 8.91. The van der Waals surface area contributed by atoms with E-state index in [0.717, 1.165) is 36.1 Å². The van der Waals surface area contributed by atoms with E-state index >= 15 is 0 Å². The van der Waals surface area contributed by atoms with E-state index in [1.165, 1.54) is 16.2 Å². The number of anilines is 1. The second kappa shape index (κ2) is 8.78. The Hall–Kier alpha value is -3.52. The Labute approximate surface area is 194 Å². The van der Waals surface area contributed by atoms with Crippen molar-refractivity contribution in [2.75, 3.05) is 11.5 Å². The third-order valence-electron chi connectivity index (χ3n) is 5.79. The summed E-state index contributed by atoms with van der Waals surface area (Å²) in [6.07, 6.45) is 3.26. The lowest BCUT2D eigenvalue weighted by atomic mass is 9.98. The first kappa shape index (κ1) is 21.3. The van der Waals surface area contributed by atoms with E-state index in [2.05, 4.69) is 17.1 Å². The molecule has 0 spiro atoms. The Morgan fingerprint density at radius 3 is 2.67 bits per heavy atom. The van der Waals surface area contributed by atoms with Crippen molar-refractivity contribution in [3.05, 3.63) is 80.6 Å². The number of rotatable bonds is 7. The van der Waals surface area contributed by atoms with E-state index in [0.29, 0.717) is 28.3 Å². The number of carbonyl (C=O) groups is 1. The van der Waals surface area contributed by atoms with Gasteiger partial charge in [0.15, 0.2) is 5.43 Å². The molecular weight excluding hydrogens is 438 g/mol. The number of hydrogen-bond donors (Lipinski definition) is 0. The normalized spacial score (nSPS) is 15.3. The van der Waals surface area contributed by atoms with Crippen LogP contribution in [0.25, 0.3) is 11.0 Å². The van der Waals surface area contributed by atoms with Crippen LogP contribution in [-0.4, -0.2) is 22.7 Å². The van der Waals surface area contributed by atoms with Crippen LogP contribution in [0, 0.1) is 6.92 Å². The zero-order valence-electron chi connectivity index (χ0n) is 18.4. The minimum atomic E-state index is -0.657. The predicted octanol–water partition coefficient (Wildman–Crippen LogP) is 5.27. The Balaban J connectivity index is 1.60. The molecule has 168 valence electrons. The largest absolute Gasteiger partial charge is 0.494 e. The number of ether oxygens (including phenoxy) is 1. The molecular formula is C25H23N3O4S. The zero-order valence-corrected chi connectivity index (χ0v) is 19.2. The minimum absolute atomic E-state index is 0.0523. The van der Waals surface area contributed by atoms with Gasteiger partial charge in [-0.3, -0.25) is 14.5 Å². The highest BCUT2D eigenvalue weighted by atomic mass is 32.1. The zero-order chi connectivity index (χ0) is 22.9. The maximum Gasteiger partial charge on any atom is 0.297 e. The maximum atomic E-state index is 13.6. The average Bonchev–Trinajstić information content (AvgIpc) is 3.44. The fourth-order valence-corrected chi connectivity index (χ4v) is 4.74. The van der Waals surface area contributed by atoms with Gasteiger partial charge in [-0.25, -0.2) is 0 Å². The Kier molecular flexibility index (Phi) is 5.68. The summed E-state index contributed by atoms with van der Waals surface area (Å²) in [5, 5.41) is 8.86. The van der Waals surface area contributed by atoms with Crippen LogP contribution in [-0.2, 0) is 0 Å². The van der Waals surface area contributed by atoms with Crippen molar-refractivity contribution in [1.29, 1.82) is 0 Å². The summed E-state index contributed by atoms with van der Waals surface area (Å²) >= 11 is 1.24. The van der Waals surface area contributed by atoms with Gasteiger partial charge in [0.2, 0.25) is 10.9 Å². The van der Waals surface area contributed by atoms with Gasteiger partial charge in [-0.2, -0.15) is 0 Å². The van der Waals surface area contributed by atoms with Crippen LogP contribution in [0.4, 0.5) is 5.13 Å². The summed E-state index contributed by atoms with van der Waals surface area (Å²) in [5.41, 5.74) is 3.79. The van der Waals surface area contributed by atoms with E-state index in [1.54, 1.807) is 17.6 Å². The molecule has 0 aliphatic carbocycles. The number of unbranched alkanes of at least 4 members (excludes halogenated alkanes) is 2. The molecule has 1 aliphatic rings. The molecule has 1 unspecified atom stereocenters. The Morgan fingerprint density at radius 1 is 1.12 bits per heavy atom. The van der Waals surface area contributed by atoms with Gasteiger partial charge in [0.25, 0.3) is 5.91 Å². The molecule has 5 rings (SSSR count). The highest BCUT2D eigenvalue weighted by Crippen LogP contribution is 2.41. The second-order valence-electron chi connectivity index (χ2n) is 8.10. The number of nitrogens with zero attached hydrogens (tertiary/aromatic N) is 3. The molecule has 0 bridgehead atoms. The summed E-state index contributed by atoms with van der Waals surface area (Å²) in [6, 6.07) is 12.2. The topological polar surface area (TPSA) is 85.5 Å². The molecule has 0 radical (unpaired) electrons. The molecule has 0 saturated heterocycles. The summed E-state index contributed by atoms with van der Waals surface area (Å²) in [5.74, 6) is 0.408. The first-order valence-electron chi connectivity index (χ1n) is 11.0. The van der Waals surface area contributed by atoms with E-state index in [-0.39, 0.29) is 11.2 Å². The number of hydrogen-bond acceptors (Lipinski definition) is 7. The van der Waals surface area contributed by atoms with Gasteiger partial charge in [0, 0.05) is 0 Å². The third kappa shape index (κ3) is 3.80. The first-order chi connectivity index (χ1) is 16.1. The first-order valence-corrected chi connectivity index (χ1v) is 11.9. The van der Waals surface area contributed by atoms with Crippen LogP contribution in [0.15, 0.2) is 57.2 Å². The lowest BCUT2D eigenvalue weighted by Crippen LogP contribution is -2.29. The van der Waals surface area contributed by atoms with E-state index in [1.807, 2.05) is 37.3 Å². The fraction of sp³-hybridized carbons (Fsp3) is 0.280. The molecule has 3 heterocycles. The van der Waals surface area contributed by atoms with Crippen molar-refractivity contribution >= 4 is 33.3 Å². The summed E-state index contributed by atoms with van der Waals surface area (Å²) in [6.45, 7) is 4.73. The minimum Gasteiger partial charge on any atom is -0.494 e. The number of carbonyl (C=O) groups excluding carboxylic acids is 1. The molecule has 1 aliphatic heterocycles. The van der Waals surface area contributed by atoms with Crippen LogP contribution in [0.1, 0.15) is 59.5 Å². The quantitative estimate of drug-likeness (QED) is 0.349. The van der Waals surface area contributed by atoms with Crippen molar-refractivity contribution in [3.8, 4) is 5.75 Å². The van der Waals surface area contributed by atoms with Crippen LogP contribution in [0.2, 0.25) is 0 Å². The SMILES string of the molecule is CCCCCOc1ccc(C2c3c(oc4ccc(C)cc4c3=O)C(=O)N2c2nncs2)cc1. The molecule has 0 N–H and O–H groups in total. The Bertz CT molecular complexity index is 1360. The third-order valence-corrected chi connectivity index (χ3v) is 6.48. The number of aromatic nitrogens is 2. The van der Waals surface area contributed by atoms with Crippen LogP contribution < -0.4 is 15.1 Å². The van der Waals surface area contributed by atoms with E-state index < -0.39 is 11.9 Å². The molecule has 7 nitrogen and oxygen atoms in total. The lowest BCUT2D eigenvalue weighted by molar-refractivity contribution is 0.0970.